The maximum atomic E-state index is 13.8. The Morgan fingerprint density at radius 1 is 0.511 bits per heavy atom. The summed E-state index contributed by atoms with van der Waals surface area (Å²) >= 11 is 0. The van der Waals surface area contributed by atoms with Crippen molar-refractivity contribution in [3.05, 3.63) is 184 Å². The molecule has 0 spiro atoms. The van der Waals surface area contributed by atoms with Gasteiger partial charge in [0.05, 0.1) is 5.56 Å². The molecule has 5 aromatic rings. The highest BCUT2D eigenvalue weighted by molar-refractivity contribution is 5.81. The summed E-state index contributed by atoms with van der Waals surface area (Å²) < 4.78 is 41.3. The molecule has 4 heteroatoms. The molecular weight excluding hydrogens is 587 g/mol. The average Bonchev–Trinajstić information content (AvgIpc) is 3.06. The summed E-state index contributed by atoms with van der Waals surface area (Å²) in [7, 11) is 0. The summed E-state index contributed by atoms with van der Waals surface area (Å²) in [5.74, 6) is 0. The molecule has 0 N–H and O–H groups in total. The highest BCUT2D eigenvalue weighted by Crippen LogP contribution is 2.33. The van der Waals surface area contributed by atoms with Crippen LogP contribution in [0, 0.1) is 27.7 Å². The molecule has 0 aliphatic heterocycles. The van der Waals surface area contributed by atoms with Crippen LogP contribution in [0.4, 0.5) is 18.9 Å². The van der Waals surface area contributed by atoms with Gasteiger partial charge in [-0.15, -0.1) is 0 Å². The topological polar surface area (TPSA) is 3.24 Å². The Morgan fingerprint density at radius 2 is 0.851 bits per heavy atom. The molecule has 0 aliphatic rings. The fraction of sp³-hybridized carbons (Fsp3) is 0.209. The molecule has 47 heavy (non-hydrogen) atoms. The molecule has 0 saturated carbocycles. The molecule has 0 saturated heterocycles. The first-order valence-corrected chi connectivity index (χ1v) is 16.2. The fourth-order valence-corrected chi connectivity index (χ4v) is 5.72. The van der Waals surface area contributed by atoms with Crippen molar-refractivity contribution >= 4 is 16.8 Å². The van der Waals surface area contributed by atoms with Crippen molar-refractivity contribution in [2.24, 2.45) is 0 Å². The summed E-state index contributed by atoms with van der Waals surface area (Å²) in [6, 6.07) is 39.6. The lowest BCUT2D eigenvalue weighted by molar-refractivity contribution is -0.137. The monoisotopic (exact) mass is 629 g/mol. The minimum absolute atomic E-state index is 0.570. The van der Waals surface area contributed by atoms with E-state index in [1.807, 2.05) is 0 Å². The number of alkyl halides is 3. The van der Waals surface area contributed by atoms with Crippen molar-refractivity contribution in [1.29, 1.82) is 0 Å². The number of aryl methyl sites for hydroxylation is 4. The second kappa shape index (κ2) is 15.2. The van der Waals surface area contributed by atoms with E-state index in [0.717, 1.165) is 39.5 Å². The number of halogens is 3. The van der Waals surface area contributed by atoms with Crippen molar-refractivity contribution in [2.45, 2.75) is 46.7 Å². The van der Waals surface area contributed by atoms with E-state index in [0.29, 0.717) is 31.6 Å². The summed E-state index contributed by atoms with van der Waals surface area (Å²) in [6.45, 7) is 9.43. The van der Waals surface area contributed by atoms with Crippen molar-refractivity contribution in [2.75, 3.05) is 18.0 Å². The molecule has 0 heterocycles. The normalized spacial score (nSPS) is 11.2. The van der Waals surface area contributed by atoms with Crippen LogP contribution < -0.4 is 4.90 Å². The van der Waals surface area contributed by atoms with Crippen molar-refractivity contribution < 1.29 is 13.2 Å². The number of anilines is 1. The average molecular weight is 630 g/mol. The maximum Gasteiger partial charge on any atom is 0.416 e. The van der Waals surface area contributed by atoms with Crippen LogP contribution in [0.2, 0.25) is 0 Å². The van der Waals surface area contributed by atoms with Gasteiger partial charge in [-0.1, -0.05) is 138 Å². The molecule has 0 unspecified atom stereocenters. The highest BCUT2D eigenvalue weighted by Gasteiger charge is 2.30. The number of benzene rings is 5. The Balaban J connectivity index is 1.46. The van der Waals surface area contributed by atoms with E-state index < -0.39 is 11.7 Å². The first kappa shape index (κ1) is 33.5. The quantitative estimate of drug-likeness (QED) is 0.141. The van der Waals surface area contributed by atoms with Crippen molar-refractivity contribution in [3.8, 4) is 0 Å². The molecule has 0 bridgehead atoms. The third-order valence-corrected chi connectivity index (χ3v) is 8.48. The Labute approximate surface area is 277 Å². The Bertz CT molecular complexity index is 1610. The van der Waals surface area contributed by atoms with Crippen LogP contribution in [-0.4, -0.2) is 13.1 Å². The Kier molecular flexibility index (Phi) is 10.8. The smallest absolute Gasteiger partial charge is 0.371 e. The van der Waals surface area contributed by atoms with E-state index in [9.17, 15) is 13.2 Å². The van der Waals surface area contributed by atoms with Crippen LogP contribution in [0.15, 0.2) is 133 Å². The third-order valence-electron chi connectivity index (χ3n) is 8.48. The van der Waals surface area contributed by atoms with E-state index in [4.69, 9.17) is 0 Å². The highest BCUT2D eigenvalue weighted by atomic mass is 19.4. The SMILES string of the molecule is Cc1ccc(C(=CCCN(CCC=C(c2ccc(C)cc2)c2ccc(C)cc2)c2cccc(C(F)(F)F)c2)c2ccc(C)cc2)cc1. The first-order chi connectivity index (χ1) is 22.6. The Hall–Kier alpha value is -4.83. The van der Waals surface area contributed by atoms with Gasteiger partial charge >= 0.3 is 6.18 Å². The van der Waals surface area contributed by atoms with Crippen LogP contribution in [-0.2, 0) is 6.18 Å². The molecule has 0 amide bonds. The molecule has 5 aromatic carbocycles. The molecule has 0 atom stereocenters. The summed E-state index contributed by atoms with van der Waals surface area (Å²) in [6.07, 6.45) is 1.36. The predicted molar refractivity (Wildman–Crippen MR) is 192 cm³/mol. The van der Waals surface area contributed by atoms with Gasteiger partial charge in [-0.3, -0.25) is 0 Å². The van der Waals surface area contributed by atoms with Crippen LogP contribution in [0.5, 0.6) is 0 Å². The van der Waals surface area contributed by atoms with Crippen LogP contribution in [0.25, 0.3) is 11.1 Å². The number of hydrogen-bond donors (Lipinski definition) is 0. The van der Waals surface area contributed by atoms with E-state index in [1.54, 1.807) is 6.07 Å². The Morgan fingerprint density at radius 3 is 1.17 bits per heavy atom. The summed E-state index contributed by atoms with van der Waals surface area (Å²) in [5, 5.41) is 0. The number of hydrogen-bond acceptors (Lipinski definition) is 1. The minimum atomic E-state index is -4.41. The van der Waals surface area contributed by atoms with Gasteiger partial charge in [0.25, 0.3) is 0 Å². The van der Waals surface area contributed by atoms with Gasteiger partial charge in [0.1, 0.15) is 0 Å². The number of nitrogens with zero attached hydrogens (tertiary/aromatic N) is 1. The van der Waals surface area contributed by atoms with Gasteiger partial charge in [0.2, 0.25) is 0 Å². The van der Waals surface area contributed by atoms with E-state index in [-0.39, 0.29) is 0 Å². The van der Waals surface area contributed by atoms with E-state index in [1.165, 1.54) is 34.4 Å². The molecule has 0 fully saturated rings. The molecule has 1 nitrogen and oxygen atoms in total. The molecule has 240 valence electrons. The van der Waals surface area contributed by atoms with Crippen molar-refractivity contribution in [1.82, 2.24) is 0 Å². The zero-order chi connectivity index (χ0) is 33.4. The van der Waals surface area contributed by atoms with Crippen molar-refractivity contribution in [3.63, 3.8) is 0 Å². The lowest BCUT2D eigenvalue weighted by Crippen LogP contribution is -2.25. The first-order valence-electron chi connectivity index (χ1n) is 16.2. The van der Waals surface area contributed by atoms with Gasteiger partial charge in [0, 0.05) is 18.8 Å². The summed E-state index contributed by atoms with van der Waals surface area (Å²) in [4.78, 5) is 2.08. The van der Waals surface area contributed by atoms with E-state index >= 15 is 0 Å². The number of rotatable bonds is 11. The maximum absolute atomic E-state index is 13.8. The lowest BCUT2D eigenvalue weighted by Gasteiger charge is -2.25. The third kappa shape index (κ3) is 9.13. The fourth-order valence-electron chi connectivity index (χ4n) is 5.72. The van der Waals surface area contributed by atoms with Gasteiger partial charge in [0.15, 0.2) is 0 Å². The largest absolute Gasteiger partial charge is 0.416 e. The van der Waals surface area contributed by atoms with Gasteiger partial charge in [-0.05, 0) is 92.1 Å². The molecule has 0 aliphatic carbocycles. The van der Waals surface area contributed by atoms with Crippen LogP contribution in [0.1, 0.15) is 62.9 Å². The predicted octanol–water partition coefficient (Wildman–Crippen LogP) is 11.8. The second-order valence-corrected chi connectivity index (χ2v) is 12.3. The zero-order valence-electron chi connectivity index (χ0n) is 27.6. The zero-order valence-corrected chi connectivity index (χ0v) is 27.6. The van der Waals surface area contributed by atoms with E-state index in [2.05, 4.69) is 142 Å². The molecule has 0 radical (unpaired) electrons. The molecule has 0 aromatic heterocycles. The van der Waals surface area contributed by atoms with Crippen LogP contribution in [0.3, 0.4) is 0 Å². The summed E-state index contributed by atoms with van der Waals surface area (Å²) in [5.41, 5.74) is 11.4. The molecule has 5 rings (SSSR count). The van der Waals surface area contributed by atoms with Gasteiger partial charge < -0.3 is 4.90 Å². The molecular formula is C43H42F3N. The van der Waals surface area contributed by atoms with Gasteiger partial charge in [-0.2, -0.15) is 13.2 Å². The lowest BCUT2D eigenvalue weighted by atomic mass is 9.95. The van der Waals surface area contributed by atoms with Crippen LogP contribution >= 0.6 is 0 Å². The minimum Gasteiger partial charge on any atom is -0.371 e. The van der Waals surface area contributed by atoms with Gasteiger partial charge in [-0.25, -0.2) is 0 Å². The standard InChI is InChI=1S/C43H42F3N/c1-31-12-20-35(21-13-31)41(36-22-14-32(2)15-23-36)10-6-28-47(40-9-5-8-39(30-40)43(44,45)46)29-7-11-42(37-24-16-33(3)17-25-37)38-26-18-34(4)19-27-38/h5,8-27,30H,6-7,28-29H2,1-4H3. The second-order valence-electron chi connectivity index (χ2n) is 12.3.